The van der Waals surface area contributed by atoms with Gasteiger partial charge in [-0.25, -0.2) is 4.79 Å². The molecule has 2 aromatic carbocycles. The molecule has 1 aliphatic rings. The standard InChI is InChI=1S/C17H13NO4/c19-17-11-13(12-6-2-1-3-7-12)10-16(22-17)14-8-4-5-9-15(14)18(20)21/h1-9,11,16H,10H2/t16-/m1/s1. The highest BCUT2D eigenvalue weighted by Crippen LogP contribution is 2.37. The van der Waals surface area contributed by atoms with Crippen molar-refractivity contribution in [3.63, 3.8) is 0 Å². The summed E-state index contributed by atoms with van der Waals surface area (Å²) in [6.45, 7) is 0. The van der Waals surface area contributed by atoms with Crippen LogP contribution in [-0.4, -0.2) is 10.9 Å². The third-order valence-corrected chi connectivity index (χ3v) is 3.58. The molecule has 0 N–H and O–H groups in total. The van der Waals surface area contributed by atoms with E-state index >= 15 is 0 Å². The molecule has 5 nitrogen and oxygen atoms in total. The lowest BCUT2D eigenvalue weighted by Gasteiger charge is -2.23. The minimum Gasteiger partial charge on any atom is -0.454 e. The molecule has 110 valence electrons. The number of para-hydroxylation sites is 1. The van der Waals surface area contributed by atoms with Gasteiger partial charge in [-0.3, -0.25) is 10.1 Å². The van der Waals surface area contributed by atoms with Crippen molar-refractivity contribution in [1.29, 1.82) is 0 Å². The van der Waals surface area contributed by atoms with Gasteiger partial charge in [-0.2, -0.15) is 0 Å². The molecule has 0 bridgehead atoms. The Hall–Kier alpha value is -2.95. The molecule has 0 aromatic heterocycles. The van der Waals surface area contributed by atoms with E-state index in [1.54, 1.807) is 18.2 Å². The molecule has 5 heteroatoms. The zero-order valence-electron chi connectivity index (χ0n) is 11.6. The van der Waals surface area contributed by atoms with Crippen molar-refractivity contribution in [3.8, 4) is 0 Å². The zero-order chi connectivity index (χ0) is 15.5. The first kappa shape index (κ1) is 14.0. The molecule has 0 saturated carbocycles. The van der Waals surface area contributed by atoms with E-state index < -0.39 is 17.0 Å². The Labute approximate surface area is 127 Å². The molecule has 0 amide bonds. The van der Waals surface area contributed by atoms with Gasteiger partial charge in [0.25, 0.3) is 5.69 Å². The summed E-state index contributed by atoms with van der Waals surface area (Å²) < 4.78 is 5.30. The Morgan fingerprint density at radius 3 is 2.45 bits per heavy atom. The quantitative estimate of drug-likeness (QED) is 0.492. The fourth-order valence-electron chi connectivity index (χ4n) is 2.57. The lowest BCUT2D eigenvalue weighted by atomic mass is 9.93. The van der Waals surface area contributed by atoms with E-state index in [4.69, 9.17) is 4.74 Å². The van der Waals surface area contributed by atoms with Crippen molar-refractivity contribution in [1.82, 2.24) is 0 Å². The normalized spacial score (nSPS) is 17.5. The number of nitro groups is 1. The van der Waals surface area contributed by atoms with Crippen molar-refractivity contribution in [2.45, 2.75) is 12.5 Å². The maximum absolute atomic E-state index is 11.8. The van der Waals surface area contributed by atoms with Gasteiger partial charge >= 0.3 is 5.97 Å². The Kier molecular flexibility index (Phi) is 3.70. The van der Waals surface area contributed by atoms with Crippen LogP contribution in [0.5, 0.6) is 0 Å². The van der Waals surface area contributed by atoms with Crippen LogP contribution in [0.15, 0.2) is 60.7 Å². The van der Waals surface area contributed by atoms with E-state index in [-0.39, 0.29) is 5.69 Å². The minimum atomic E-state index is -0.644. The molecule has 2 aromatic rings. The van der Waals surface area contributed by atoms with Crippen LogP contribution in [0, 0.1) is 10.1 Å². The van der Waals surface area contributed by atoms with Crippen LogP contribution in [0.3, 0.4) is 0 Å². The highest BCUT2D eigenvalue weighted by molar-refractivity contribution is 5.93. The molecule has 0 saturated heterocycles. The predicted molar refractivity (Wildman–Crippen MR) is 81.0 cm³/mol. The van der Waals surface area contributed by atoms with Gasteiger partial charge in [-0.1, -0.05) is 42.5 Å². The molecule has 0 aliphatic carbocycles. The number of rotatable bonds is 3. The van der Waals surface area contributed by atoms with Crippen LogP contribution in [0.25, 0.3) is 5.57 Å². The zero-order valence-corrected chi connectivity index (χ0v) is 11.6. The number of cyclic esters (lactones) is 1. The first-order valence-electron chi connectivity index (χ1n) is 6.85. The van der Waals surface area contributed by atoms with Crippen molar-refractivity contribution in [3.05, 3.63) is 81.9 Å². The number of esters is 1. The summed E-state index contributed by atoms with van der Waals surface area (Å²) >= 11 is 0. The molecule has 0 unspecified atom stereocenters. The molecule has 22 heavy (non-hydrogen) atoms. The van der Waals surface area contributed by atoms with E-state index in [0.29, 0.717) is 12.0 Å². The molecule has 1 heterocycles. The summed E-state index contributed by atoms with van der Waals surface area (Å²) in [5.74, 6) is -0.478. The van der Waals surface area contributed by atoms with Crippen LogP contribution < -0.4 is 0 Å². The van der Waals surface area contributed by atoms with Crippen LogP contribution in [0.4, 0.5) is 5.69 Å². The lowest BCUT2D eigenvalue weighted by Crippen LogP contribution is -2.16. The largest absolute Gasteiger partial charge is 0.454 e. The molecule has 0 fully saturated rings. The van der Waals surface area contributed by atoms with Crippen LogP contribution >= 0.6 is 0 Å². The van der Waals surface area contributed by atoms with Crippen molar-refractivity contribution in [2.75, 3.05) is 0 Å². The van der Waals surface area contributed by atoms with Crippen molar-refractivity contribution < 1.29 is 14.5 Å². The van der Waals surface area contributed by atoms with Gasteiger partial charge in [0.2, 0.25) is 0 Å². The summed E-state index contributed by atoms with van der Waals surface area (Å²) in [6.07, 6.45) is 1.22. The SMILES string of the molecule is O=C1C=C(c2ccccc2)C[C@H](c2ccccc2[N+](=O)[O-])O1. The number of nitro benzene ring substituents is 1. The van der Waals surface area contributed by atoms with Gasteiger partial charge in [0, 0.05) is 18.6 Å². The first-order chi connectivity index (χ1) is 10.6. The van der Waals surface area contributed by atoms with E-state index in [1.807, 2.05) is 30.3 Å². The summed E-state index contributed by atoms with van der Waals surface area (Å²) in [5.41, 5.74) is 2.12. The highest BCUT2D eigenvalue weighted by atomic mass is 16.6. The number of carbonyl (C=O) groups excluding carboxylic acids is 1. The molecular formula is C17H13NO4. The second-order valence-electron chi connectivity index (χ2n) is 4.98. The summed E-state index contributed by atoms with van der Waals surface area (Å²) in [7, 11) is 0. The Morgan fingerprint density at radius 1 is 1.05 bits per heavy atom. The Bertz CT molecular complexity index is 752. The second kappa shape index (κ2) is 5.81. The monoisotopic (exact) mass is 295 g/mol. The predicted octanol–water partition coefficient (Wildman–Crippen LogP) is 3.67. The number of hydrogen-bond acceptors (Lipinski definition) is 4. The molecule has 1 atom stereocenters. The van der Waals surface area contributed by atoms with E-state index in [2.05, 4.69) is 0 Å². The lowest BCUT2D eigenvalue weighted by molar-refractivity contribution is -0.386. The van der Waals surface area contributed by atoms with Gasteiger partial charge in [0.15, 0.2) is 0 Å². The Balaban J connectivity index is 1.97. The summed E-state index contributed by atoms with van der Waals surface area (Å²) in [6, 6.07) is 15.8. The van der Waals surface area contributed by atoms with Crippen molar-refractivity contribution >= 4 is 17.2 Å². The smallest absolute Gasteiger partial charge is 0.331 e. The van der Waals surface area contributed by atoms with Gasteiger partial charge in [0.1, 0.15) is 6.10 Å². The Morgan fingerprint density at radius 2 is 1.73 bits per heavy atom. The number of carbonyl (C=O) groups is 1. The van der Waals surface area contributed by atoms with E-state index in [9.17, 15) is 14.9 Å². The fourth-order valence-corrected chi connectivity index (χ4v) is 2.57. The topological polar surface area (TPSA) is 69.4 Å². The van der Waals surface area contributed by atoms with Gasteiger partial charge in [-0.15, -0.1) is 0 Å². The number of hydrogen-bond donors (Lipinski definition) is 0. The van der Waals surface area contributed by atoms with E-state index in [1.165, 1.54) is 12.1 Å². The third-order valence-electron chi connectivity index (χ3n) is 3.58. The maximum Gasteiger partial charge on any atom is 0.331 e. The van der Waals surface area contributed by atoms with Crippen LogP contribution in [0.1, 0.15) is 23.7 Å². The summed E-state index contributed by atoms with van der Waals surface area (Å²) in [4.78, 5) is 22.5. The van der Waals surface area contributed by atoms with Gasteiger partial charge in [-0.05, 0) is 17.2 Å². The fraction of sp³-hybridized carbons (Fsp3) is 0.118. The molecule has 0 radical (unpaired) electrons. The highest BCUT2D eigenvalue weighted by Gasteiger charge is 2.29. The number of benzene rings is 2. The third kappa shape index (κ3) is 2.74. The van der Waals surface area contributed by atoms with Gasteiger partial charge < -0.3 is 4.74 Å². The van der Waals surface area contributed by atoms with E-state index in [0.717, 1.165) is 11.1 Å². The molecular weight excluding hydrogens is 282 g/mol. The first-order valence-corrected chi connectivity index (χ1v) is 6.85. The van der Waals surface area contributed by atoms with Gasteiger partial charge in [0.05, 0.1) is 10.5 Å². The maximum atomic E-state index is 11.8. The average molecular weight is 295 g/mol. The molecule has 0 spiro atoms. The van der Waals surface area contributed by atoms with Crippen molar-refractivity contribution in [2.24, 2.45) is 0 Å². The number of ether oxygens (including phenoxy) is 1. The second-order valence-corrected chi connectivity index (χ2v) is 4.98. The van der Waals surface area contributed by atoms with Crippen LogP contribution in [0.2, 0.25) is 0 Å². The average Bonchev–Trinajstić information content (AvgIpc) is 2.55. The molecule has 1 aliphatic heterocycles. The summed E-state index contributed by atoms with van der Waals surface area (Å²) in [5, 5.41) is 11.1. The minimum absolute atomic E-state index is 0.0328. The van der Waals surface area contributed by atoms with Crippen LogP contribution in [-0.2, 0) is 9.53 Å². The molecule has 3 rings (SSSR count). The number of nitrogens with zero attached hydrogens (tertiary/aromatic N) is 1.